The summed E-state index contributed by atoms with van der Waals surface area (Å²) in [6.07, 6.45) is 1.07. The van der Waals surface area contributed by atoms with Crippen LogP contribution in [0.4, 0.5) is 0 Å². The molecule has 1 saturated heterocycles. The summed E-state index contributed by atoms with van der Waals surface area (Å²) >= 11 is 0. The van der Waals surface area contributed by atoms with Crippen LogP contribution in [0.1, 0.15) is 27.2 Å². The highest BCUT2D eigenvalue weighted by molar-refractivity contribution is 5.81. The fourth-order valence-corrected chi connectivity index (χ4v) is 1.69. The largest absolute Gasteiger partial charge is 0.376 e. The smallest absolute Gasteiger partial charge is 0.236 e. The molecule has 5 nitrogen and oxygen atoms in total. The topological polar surface area (TPSA) is 59.6 Å². The first-order valence-corrected chi connectivity index (χ1v) is 6.80. The molecular formula is C13H26N2O3. The monoisotopic (exact) mass is 258 g/mol. The molecule has 2 unspecified atom stereocenters. The third-order valence-electron chi connectivity index (χ3n) is 2.95. The van der Waals surface area contributed by atoms with Gasteiger partial charge in [0.05, 0.1) is 32.0 Å². The second kappa shape index (κ2) is 8.45. The minimum Gasteiger partial charge on any atom is -0.376 e. The molecule has 0 aromatic heterocycles. The Morgan fingerprint density at radius 1 is 1.33 bits per heavy atom. The van der Waals surface area contributed by atoms with E-state index in [0.29, 0.717) is 32.3 Å². The molecule has 1 aliphatic rings. The lowest BCUT2D eigenvalue weighted by Crippen LogP contribution is -2.47. The average molecular weight is 258 g/mol. The summed E-state index contributed by atoms with van der Waals surface area (Å²) in [5.74, 6) is 0.661. The zero-order chi connectivity index (χ0) is 13.4. The third-order valence-corrected chi connectivity index (χ3v) is 2.95. The van der Waals surface area contributed by atoms with Crippen molar-refractivity contribution in [1.82, 2.24) is 10.6 Å². The summed E-state index contributed by atoms with van der Waals surface area (Å²) in [5, 5.41) is 6.10. The average Bonchev–Trinajstić information content (AvgIpc) is 2.36. The van der Waals surface area contributed by atoms with Gasteiger partial charge in [0.15, 0.2) is 0 Å². The van der Waals surface area contributed by atoms with Crippen LogP contribution in [0.2, 0.25) is 0 Å². The predicted molar refractivity (Wildman–Crippen MR) is 70.5 cm³/mol. The maximum Gasteiger partial charge on any atom is 0.236 e. The van der Waals surface area contributed by atoms with Gasteiger partial charge in [-0.3, -0.25) is 4.79 Å². The van der Waals surface area contributed by atoms with Gasteiger partial charge >= 0.3 is 0 Å². The van der Waals surface area contributed by atoms with Gasteiger partial charge in [-0.25, -0.2) is 0 Å². The van der Waals surface area contributed by atoms with Gasteiger partial charge in [-0.1, -0.05) is 13.8 Å². The maximum absolute atomic E-state index is 11.8. The van der Waals surface area contributed by atoms with E-state index in [4.69, 9.17) is 9.47 Å². The van der Waals surface area contributed by atoms with Gasteiger partial charge < -0.3 is 20.1 Å². The molecule has 0 aliphatic carbocycles. The highest BCUT2D eigenvalue weighted by Gasteiger charge is 2.17. The van der Waals surface area contributed by atoms with Crippen LogP contribution in [0.3, 0.4) is 0 Å². The van der Waals surface area contributed by atoms with Gasteiger partial charge in [0, 0.05) is 13.1 Å². The number of amides is 1. The Labute approximate surface area is 110 Å². The first kappa shape index (κ1) is 15.4. The highest BCUT2D eigenvalue weighted by Crippen LogP contribution is 2.00. The molecule has 0 aromatic carbocycles. The molecule has 0 saturated carbocycles. The molecule has 2 N–H and O–H groups in total. The molecule has 0 bridgehead atoms. The van der Waals surface area contributed by atoms with Crippen LogP contribution in [0.25, 0.3) is 0 Å². The van der Waals surface area contributed by atoms with Gasteiger partial charge in [-0.15, -0.1) is 0 Å². The van der Waals surface area contributed by atoms with Crippen LogP contribution in [0, 0.1) is 5.92 Å². The van der Waals surface area contributed by atoms with E-state index in [1.807, 2.05) is 6.92 Å². The molecule has 1 rings (SSSR count). The van der Waals surface area contributed by atoms with Crippen LogP contribution in [-0.2, 0) is 14.3 Å². The molecule has 1 heterocycles. The van der Waals surface area contributed by atoms with Crippen LogP contribution < -0.4 is 10.6 Å². The first-order chi connectivity index (χ1) is 8.59. The number of ether oxygens (including phenoxy) is 2. The quantitative estimate of drug-likeness (QED) is 0.700. The number of rotatable bonds is 7. The van der Waals surface area contributed by atoms with Crippen molar-refractivity contribution in [3.8, 4) is 0 Å². The molecule has 0 radical (unpaired) electrons. The normalized spacial score (nSPS) is 21.9. The van der Waals surface area contributed by atoms with E-state index < -0.39 is 0 Å². The second-order valence-electron chi connectivity index (χ2n) is 5.17. The van der Waals surface area contributed by atoms with Crippen molar-refractivity contribution in [2.24, 2.45) is 5.92 Å². The number of carbonyl (C=O) groups excluding carboxylic acids is 1. The number of hydrogen-bond donors (Lipinski definition) is 2. The molecule has 5 heteroatoms. The Morgan fingerprint density at radius 2 is 2.11 bits per heavy atom. The Hall–Kier alpha value is -0.650. The lowest BCUT2D eigenvalue weighted by molar-refractivity contribution is -0.123. The second-order valence-corrected chi connectivity index (χ2v) is 5.17. The zero-order valence-electron chi connectivity index (χ0n) is 11.7. The third kappa shape index (κ3) is 6.33. The Bertz CT molecular complexity index is 240. The number of hydrogen-bond acceptors (Lipinski definition) is 4. The van der Waals surface area contributed by atoms with Crippen LogP contribution in [0.15, 0.2) is 0 Å². The Balaban J connectivity index is 2.10. The molecular weight excluding hydrogens is 232 g/mol. The van der Waals surface area contributed by atoms with E-state index >= 15 is 0 Å². The van der Waals surface area contributed by atoms with E-state index in [2.05, 4.69) is 24.5 Å². The minimum atomic E-state index is -0.192. The van der Waals surface area contributed by atoms with Crippen molar-refractivity contribution in [3.05, 3.63) is 0 Å². The lowest BCUT2D eigenvalue weighted by Gasteiger charge is -2.24. The van der Waals surface area contributed by atoms with Crippen LogP contribution >= 0.6 is 0 Å². The summed E-state index contributed by atoms with van der Waals surface area (Å²) in [5.41, 5.74) is 0. The Morgan fingerprint density at radius 3 is 2.72 bits per heavy atom. The highest BCUT2D eigenvalue weighted by atomic mass is 16.6. The lowest BCUT2D eigenvalue weighted by atomic mass is 10.1. The molecule has 2 atom stereocenters. The fraction of sp³-hybridized carbons (Fsp3) is 0.923. The first-order valence-electron chi connectivity index (χ1n) is 6.80. The Kier molecular flexibility index (Phi) is 7.23. The number of carbonyl (C=O) groups is 1. The van der Waals surface area contributed by atoms with Crippen molar-refractivity contribution in [2.45, 2.75) is 39.3 Å². The molecule has 0 aromatic rings. The van der Waals surface area contributed by atoms with Crippen LogP contribution in [-0.4, -0.2) is 51.0 Å². The molecule has 18 heavy (non-hydrogen) atoms. The van der Waals surface area contributed by atoms with Crippen molar-refractivity contribution in [2.75, 3.05) is 32.9 Å². The van der Waals surface area contributed by atoms with E-state index in [9.17, 15) is 4.79 Å². The fourth-order valence-electron chi connectivity index (χ4n) is 1.69. The molecule has 1 aliphatic heterocycles. The molecule has 106 valence electrons. The summed E-state index contributed by atoms with van der Waals surface area (Å²) in [4.78, 5) is 11.8. The van der Waals surface area contributed by atoms with E-state index in [-0.39, 0.29) is 18.1 Å². The van der Waals surface area contributed by atoms with Crippen molar-refractivity contribution < 1.29 is 14.3 Å². The molecule has 1 fully saturated rings. The SMILES string of the molecule is CC(C)CCNC(=O)C(C)NCC1COCCO1. The summed E-state index contributed by atoms with van der Waals surface area (Å²) in [6, 6.07) is -0.192. The molecule has 1 amide bonds. The van der Waals surface area contributed by atoms with E-state index in [1.165, 1.54) is 0 Å². The van der Waals surface area contributed by atoms with Gasteiger partial charge in [0.25, 0.3) is 0 Å². The minimum absolute atomic E-state index is 0.0485. The van der Waals surface area contributed by atoms with Gasteiger partial charge in [0.2, 0.25) is 5.91 Å². The van der Waals surface area contributed by atoms with Gasteiger partial charge in [-0.2, -0.15) is 0 Å². The summed E-state index contributed by atoms with van der Waals surface area (Å²) in [6.45, 7) is 9.47. The number of nitrogens with one attached hydrogen (secondary N) is 2. The predicted octanol–water partition coefficient (Wildman–Crippen LogP) is 0.542. The maximum atomic E-state index is 11.8. The van der Waals surface area contributed by atoms with Crippen LogP contribution in [0.5, 0.6) is 0 Å². The van der Waals surface area contributed by atoms with Crippen molar-refractivity contribution in [3.63, 3.8) is 0 Å². The van der Waals surface area contributed by atoms with E-state index in [0.717, 1.165) is 13.0 Å². The van der Waals surface area contributed by atoms with Gasteiger partial charge in [0.1, 0.15) is 0 Å². The van der Waals surface area contributed by atoms with E-state index in [1.54, 1.807) is 0 Å². The summed E-state index contributed by atoms with van der Waals surface area (Å²) < 4.78 is 10.8. The van der Waals surface area contributed by atoms with Crippen molar-refractivity contribution >= 4 is 5.91 Å². The summed E-state index contributed by atoms with van der Waals surface area (Å²) in [7, 11) is 0. The standard InChI is InChI=1S/C13H26N2O3/c1-10(2)4-5-14-13(16)11(3)15-8-12-9-17-6-7-18-12/h10-12,15H,4-9H2,1-3H3,(H,14,16). The van der Waals surface area contributed by atoms with Gasteiger partial charge in [-0.05, 0) is 19.3 Å². The molecule has 0 spiro atoms. The zero-order valence-corrected chi connectivity index (χ0v) is 11.7. The van der Waals surface area contributed by atoms with Crippen molar-refractivity contribution in [1.29, 1.82) is 0 Å².